The third kappa shape index (κ3) is 8.85. The van der Waals surface area contributed by atoms with Crippen molar-refractivity contribution in [2.24, 2.45) is 56.7 Å². The number of esters is 2. The smallest absolute Gasteiger partial charge is 0.362 e. The molecular formula is C48H88N4O4+2. The fraction of sp³-hybridized carbons (Fsp3) is 0.917. The van der Waals surface area contributed by atoms with E-state index in [-0.39, 0.29) is 45.1 Å². The number of quaternary nitrogens is 2. The van der Waals surface area contributed by atoms with Crippen LogP contribution in [0.4, 0.5) is 0 Å². The SMILES string of the molecule is C=C(C)C1CC[C@]2(COC(=O)C[N+](C)(C)CCCCN(C)C)CC[C@]3(C)C(CCC4[C@@]5(C)CC[C@H](OC(=O)C[N+](C)(C)CCN(C)C)C(C)(C)C5CC[C@]43C)C12. The standard InChI is InChI=1S/C48H88N4O4/c1-35(2)36-20-25-48(34-55-41(53)32-51(12,13)30-17-16-28-49(8)9)27-26-46(6)37(43(36)48)18-19-39-45(5)23-22-40(44(3,4)38(45)21-24-47(39,46)7)56-42(54)33-52(14,15)31-29-50(10)11/h36-40,43H,1,16-34H2,2-15H3/q+2/t36?,37?,38?,39?,40-,43?,45-,46+,47+,48+/m0/s1. The van der Waals surface area contributed by atoms with Gasteiger partial charge in [0.15, 0.2) is 13.1 Å². The quantitative estimate of drug-likeness (QED) is 0.0682. The first-order valence-electron chi connectivity index (χ1n) is 22.8. The number of ether oxygens (including phenoxy) is 2. The zero-order chi connectivity index (χ0) is 41.7. The molecule has 56 heavy (non-hydrogen) atoms. The summed E-state index contributed by atoms with van der Waals surface area (Å²) in [7, 11) is 17.1. The topological polar surface area (TPSA) is 59.1 Å². The predicted octanol–water partition coefficient (Wildman–Crippen LogP) is 8.16. The molecular weight excluding hydrogens is 697 g/mol. The van der Waals surface area contributed by atoms with Gasteiger partial charge in [0.1, 0.15) is 6.10 Å². The number of likely N-dealkylation sites (N-methyl/N-ethyl adjacent to an activating group) is 3. The molecule has 5 fully saturated rings. The zero-order valence-electron chi connectivity index (χ0n) is 39.0. The van der Waals surface area contributed by atoms with Crippen molar-refractivity contribution in [2.45, 2.75) is 125 Å². The maximum Gasteiger partial charge on any atom is 0.362 e. The Morgan fingerprint density at radius 3 is 1.98 bits per heavy atom. The maximum absolute atomic E-state index is 13.5. The Morgan fingerprint density at radius 1 is 0.696 bits per heavy atom. The summed E-state index contributed by atoms with van der Waals surface area (Å²) in [5.41, 5.74) is 2.02. The highest BCUT2D eigenvalue weighted by atomic mass is 16.5. The summed E-state index contributed by atoms with van der Waals surface area (Å²) >= 11 is 0. The van der Waals surface area contributed by atoms with E-state index in [4.69, 9.17) is 9.47 Å². The normalized spacial score (nSPS) is 38.0. The molecule has 0 aromatic heterocycles. The molecule has 5 aliphatic carbocycles. The van der Waals surface area contributed by atoms with Crippen LogP contribution in [0.25, 0.3) is 0 Å². The van der Waals surface area contributed by atoms with Crippen molar-refractivity contribution in [1.29, 1.82) is 0 Å². The first kappa shape index (κ1) is 45.6. The summed E-state index contributed by atoms with van der Waals surface area (Å²) in [5.74, 6) is 2.76. The molecule has 5 unspecified atom stereocenters. The average molecular weight is 785 g/mol. The van der Waals surface area contributed by atoms with Crippen molar-refractivity contribution in [3.8, 4) is 0 Å². The minimum atomic E-state index is -0.0654. The van der Waals surface area contributed by atoms with E-state index < -0.39 is 0 Å². The second-order valence-corrected chi connectivity index (χ2v) is 23.5. The van der Waals surface area contributed by atoms with Crippen LogP contribution in [0.3, 0.4) is 0 Å². The summed E-state index contributed by atoms with van der Waals surface area (Å²) in [6.45, 7) is 25.2. The average Bonchev–Trinajstić information content (AvgIpc) is 3.46. The number of carbonyl (C=O) groups excluding carboxylic acids is 2. The van der Waals surface area contributed by atoms with Crippen LogP contribution in [0, 0.1) is 56.7 Å². The van der Waals surface area contributed by atoms with Gasteiger partial charge in [0.05, 0.1) is 47.9 Å². The fourth-order valence-corrected chi connectivity index (χ4v) is 14.5. The Balaban J connectivity index is 1.30. The molecule has 0 radical (unpaired) electrons. The van der Waals surface area contributed by atoms with E-state index in [9.17, 15) is 9.59 Å². The van der Waals surface area contributed by atoms with Gasteiger partial charge in [-0.25, -0.2) is 9.59 Å². The Morgan fingerprint density at radius 2 is 1.34 bits per heavy atom. The third-order valence-corrected chi connectivity index (χ3v) is 17.9. The van der Waals surface area contributed by atoms with Gasteiger partial charge >= 0.3 is 11.9 Å². The maximum atomic E-state index is 13.5. The van der Waals surface area contributed by atoms with E-state index in [1.807, 2.05) is 0 Å². The van der Waals surface area contributed by atoms with E-state index in [1.54, 1.807) is 0 Å². The fourth-order valence-electron chi connectivity index (χ4n) is 14.5. The van der Waals surface area contributed by atoms with Crippen LogP contribution in [0.1, 0.15) is 119 Å². The van der Waals surface area contributed by atoms with Crippen LogP contribution in [0.2, 0.25) is 0 Å². The van der Waals surface area contributed by atoms with E-state index in [0.717, 1.165) is 64.7 Å². The summed E-state index contributed by atoms with van der Waals surface area (Å²) in [5, 5.41) is 0. The summed E-state index contributed by atoms with van der Waals surface area (Å²) in [6.07, 6.45) is 14.0. The van der Waals surface area contributed by atoms with E-state index in [2.05, 4.69) is 114 Å². The number of carbonyl (C=O) groups is 2. The van der Waals surface area contributed by atoms with Gasteiger partial charge in [-0.2, -0.15) is 0 Å². The molecule has 8 heteroatoms. The molecule has 8 nitrogen and oxygen atoms in total. The molecule has 5 aliphatic rings. The molecule has 0 aromatic carbocycles. The van der Waals surface area contributed by atoms with Gasteiger partial charge in [-0.15, -0.1) is 0 Å². The molecule has 5 rings (SSSR count). The molecule has 0 spiro atoms. The van der Waals surface area contributed by atoms with Crippen molar-refractivity contribution in [2.75, 3.05) is 102 Å². The van der Waals surface area contributed by atoms with E-state index >= 15 is 0 Å². The molecule has 0 aliphatic heterocycles. The summed E-state index contributed by atoms with van der Waals surface area (Å²) in [6, 6.07) is 0. The largest absolute Gasteiger partial charge is 0.461 e. The number of fused-ring (bicyclic) bond motifs is 7. The van der Waals surface area contributed by atoms with Gasteiger partial charge in [-0.05, 0) is 165 Å². The van der Waals surface area contributed by atoms with Gasteiger partial charge in [-0.3, -0.25) is 0 Å². The van der Waals surface area contributed by atoms with Gasteiger partial charge in [-0.1, -0.05) is 46.8 Å². The van der Waals surface area contributed by atoms with Crippen molar-refractivity contribution in [3.05, 3.63) is 12.2 Å². The van der Waals surface area contributed by atoms with Crippen molar-refractivity contribution < 1.29 is 28.0 Å². The second-order valence-electron chi connectivity index (χ2n) is 23.5. The highest BCUT2D eigenvalue weighted by Gasteiger charge is 2.71. The molecule has 0 saturated heterocycles. The minimum Gasteiger partial charge on any atom is -0.461 e. The Hall–Kier alpha value is -1.48. The lowest BCUT2D eigenvalue weighted by molar-refractivity contribution is -0.883. The van der Waals surface area contributed by atoms with Gasteiger partial charge in [0, 0.05) is 17.4 Å². The zero-order valence-corrected chi connectivity index (χ0v) is 39.0. The van der Waals surface area contributed by atoms with E-state index in [1.165, 1.54) is 44.1 Å². The van der Waals surface area contributed by atoms with Crippen LogP contribution < -0.4 is 0 Å². The van der Waals surface area contributed by atoms with Crippen LogP contribution in [-0.2, 0) is 19.1 Å². The van der Waals surface area contributed by atoms with Gasteiger partial charge < -0.3 is 28.2 Å². The first-order valence-corrected chi connectivity index (χ1v) is 22.8. The number of rotatable bonds is 16. The molecule has 10 atom stereocenters. The number of allylic oxidation sites excluding steroid dienone is 1. The van der Waals surface area contributed by atoms with Crippen LogP contribution >= 0.6 is 0 Å². The van der Waals surface area contributed by atoms with Crippen molar-refractivity contribution in [1.82, 2.24) is 9.80 Å². The summed E-state index contributed by atoms with van der Waals surface area (Å²) in [4.78, 5) is 31.5. The highest BCUT2D eigenvalue weighted by Crippen LogP contribution is 2.77. The third-order valence-electron chi connectivity index (χ3n) is 17.9. The number of nitrogens with zero attached hydrogens (tertiary/aromatic N) is 4. The monoisotopic (exact) mass is 785 g/mol. The molecule has 0 amide bonds. The number of hydrogen-bond donors (Lipinski definition) is 0. The van der Waals surface area contributed by atoms with Gasteiger partial charge in [0.25, 0.3) is 0 Å². The first-order chi connectivity index (χ1) is 25.8. The molecule has 0 aromatic rings. The lowest BCUT2D eigenvalue weighted by Gasteiger charge is -2.73. The number of unbranched alkanes of at least 4 members (excludes halogenated alkanes) is 1. The Bertz CT molecular complexity index is 1420. The van der Waals surface area contributed by atoms with Crippen molar-refractivity contribution >= 4 is 11.9 Å². The molecule has 0 bridgehead atoms. The highest BCUT2D eigenvalue weighted by molar-refractivity contribution is 5.71. The van der Waals surface area contributed by atoms with Crippen LogP contribution in [0.15, 0.2) is 12.2 Å². The summed E-state index contributed by atoms with van der Waals surface area (Å²) < 4.78 is 14.2. The number of hydrogen-bond acceptors (Lipinski definition) is 6. The van der Waals surface area contributed by atoms with Crippen LogP contribution in [-0.4, -0.2) is 139 Å². The molecule has 322 valence electrons. The lowest BCUT2D eigenvalue weighted by Crippen LogP contribution is -2.67. The van der Waals surface area contributed by atoms with Crippen LogP contribution in [0.5, 0.6) is 0 Å². The minimum absolute atomic E-state index is 0.0271. The predicted molar refractivity (Wildman–Crippen MR) is 230 cm³/mol. The molecule has 5 saturated carbocycles. The second kappa shape index (κ2) is 16.5. The molecule has 0 heterocycles. The molecule has 0 N–H and O–H groups in total. The Labute approximate surface area is 344 Å². The van der Waals surface area contributed by atoms with Crippen molar-refractivity contribution in [3.63, 3.8) is 0 Å². The lowest BCUT2D eigenvalue weighted by atomic mass is 9.32. The Kier molecular flexibility index (Phi) is 13.5. The van der Waals surface area contributed by atoms with Gasteiger partial charge in [0.2, 0.25) is 0 Å². The van der Waals surface area contributed by atoms with E-state index in [0.29, 0.717) is 58.3 Å².